The normalized spacial score (nSPS) is 16.3. The summed E-state index contributed by atoms with van der Waals surface area (Å²) in [6.07, 6.45) is 2.61. The van der Waals surface area contributed by atoms with E-state index in [0.29, 0.717) is 0 Å². The van der Waals surface area contributed by atoms with Crippen molar-refractivity contribution >= 4 is 21.8 Å². The zero-order valence-corrected chi connectivity index (χ0v) is 9.84. The Morgan fingerprint density at radius 2 is 1.94 bits per heavy atom. The van der Waals surface area contributed by atoms with Gasteiger partial charge in [-0.2, -0.15) is 8.42 Å². The Labute approximate surface area is 99.0 Å². The average Bonchev–Trinajstić information content (AvgIpc) is 2.13. The summed E-state index contributed by atoms with van der Waals surface area (Å²) in [6, 6.07) is 5.46. The fourth-order valence-electron chi connectivity index (χ4n) is 1.69. The van der Waals surface area contributed by atoms with Crippen molar-refractivity contribution in [1.29, 1.82) is 0 Å². The molecule has 1 aliphatic rings. The van der Waals surface area contributed by atoms with E-state index < -0.39 is 15.1 Å². The van der Waals surface area contributed by atoms with Crippen LogP contribution < -0.4 is 5.32 Å². The highest BCUT2D eigenvalue weighted by Gasteiger charge is 2.26. The topological polar surface area (TPSA) is 63.2 Å². The molecule has 0 heterocycles. The standard InChI is InChI=1S/C11H12FNO3S/c12-17(15,16)10-7-2-1-6-9(10)13-11(14)8-4-3-5-8/h1-2,6-8H,3-5H2,(H,13,14). The third-order valence-electron chi connectivity index (χ3n) is 2.88. The van der Waals surface area contributed by atoms with Gasteiger partial charge in [0, 0.05) is 5.92 Å². The third-order valence-corrected chi connectivity index (χ3v) is 3.76. The lowest BCUT2D eigenvalue weighted by Crippen LogP contribution is -2.28. The lowest BCUT2D eigenvalue weighted by Gasteiger charge is -2.24. The third kappa shape index (κ3) is 2.63. The Morgan fingerprint density at radius 3 is 2.47 bits per heavy atom. The molecule has 0 bridgehead atoms. The van der Waals surface area contributed by atoms with E-state index in [1.165, 1.54) is 12.1 Å². The second kappa shape index (κ2) is 4.44. The maximum absolute atomic E-state index is 13.0. The zero-order chi connectivity index (χ0) is 12.5. The molecule has 1 N–H and O–H groups in total. The maximum atomic E-state index is 13.0. The van der Waals surface area contributed by atoms with Crippen LogP contribution in [-0.2, 0) is 15.0 Å². The molecule has 0 spiro atoms. The van der Waals surface area contributed by atoms with Crippen LogP contribution in [0.3, 0.4) is 0 Å². The molecule has 6 heteroatoms. The summed E-state index contributed by atoms with van der Waals surface area (Å²) in [6.45, 7) is 0. The molecule has 1 aromatic rings. The number of benzene rings is 1. The summed E-state index contributed by atoms with van der Waals surface area (Å²) in [5.41, 5.74) is 0.00639. The van der Waals surface area contributed by atoms with Gasteiger partial charge >= 0.3 is 10.2 Å². The van der Waals surface area contributed by atoms with Gasteiger partial charge in [0.25, 0.3) is 0 Å². The second-order valence-corrected chi connectivity index (χ2v) is 5.37. The molecule has 0 saturated heterocycles. The van der Waals surface area contributed by atoms with Crippen LogP contribution in [0.2, 0.25) is 0 Å². The number of halogens is 1. The maximum Gasteiger partial charge on any atom is 0.334 e. The summed E-state index contributed by atoms with van der Waals surface area (Å²) in [7, 11) is -4.81. The van der Waals surface area contributed by atoms with Crippen molar-refractivity contribution in [1.82, 2.24) is 0 Å². The molecule has 1 aliphatic carbocycles. The Bertz CT molecular complexity index is 537. The summed E-state index contributed by atoms with van der Waals surface area (Å²) in [4.78, 5) is 11.2. The Kier molecular flexibility index (Phi) is 3.15. The van der Waals surface area contributed by atoms with Crippen LogP contribution in [0, 0.1) is 5.92 Å². The Balaban J connectivity index is 2.23. The van der Waals surface area contributed by atoms with Crippen LogP contribution in [0.25, 0.3) is 0 Å². The van der Waals surface area contributed by atoms with Crippen molar-refractivity contribution in [2.24, 2.45) is 5.92 Å². The lowest BCUT2D eigenvalue weighted by molar-refractivity contribution is -0.122. The van der Waals surface area contributed by atoms with E-state index in [1.54, 1.807) is 6.07 Å². The first-order chi connectivity index (χ1) is 7.98. The molecule has 2 rings (SSSR count). The molecule has 92 valence electrons. The Morgan fingerprint density at radius 1 is 1.29 bits per heavy atom. The molecule has 0 atom stereocenters. The summed E-state index contributed by atoms with van der Waals surface area (Å²) < 4.78 is 34.7. The van der Waals surface area contributed by atoms with E-state index >= 15 is 0 Å². The molecular formula is C11H12FNO3S. The van der Waals surface area contributed by atoms with E-state index in [1.807, 2.05) is 0 Å². The van der Waals surface area contributed by atoms with Gasteiger partial charge in [-0.3, -0.25) is 4.79 Å². The number of rotatable bonds is 3. The molecule has 1 aromatic carbocycles. The van der Waals surface area contributed by atoms with Gasteiger partial charge in [0.05, 0.1) is 5.69 Å². The van der Waals surface area contributed by atoms with Crippen LogP contribution in [0.4, 0.5) is 9.57 Å². The zero-order valence-electron chi connectivity index (χ0n) is 9.02. The van der Waals surface area contributed by atoms with Crippen molar-refractivity contribution in [3.63, 3.8) is 0 Å². The molecule has 1 amide bonds. The highest BCUT2D eigenvalue weighted by atomic mass is 32.3. The molecule has 0 aliphatic heterocycles. The molecule has 1 saturated carbocycles. The Hall–Kier alpha value is -1.43. The predicted molar refractivity (Wildman–Crippen MR) is 60.7 cm³/mol. The van der Waals surface area contributed by atoms with Crippen LogP contribution in [-0.4, -0.2) is 14.3 Å². The number of nitrogens with one attached hydrogen (secondary N) is 1. The SMILES string of the molecule is O=C(Nc1ccccc1S(=O)(=O)F)C1CCC1. The van der Waals surface area contributed by atoms with E-state index in [2.05, 4.69) is 5.32 Å². The first kappa shape index (κ1) is 12.0. The number of amides is 1. The van der Waals surface area contributed by atoms with E-state index in [-0.39, 0.29) is 17.5 Å². The minimum absolute atomic E-state index is 0.00639. The van der Waals surface area contributed by atoms with Gasteiger partial charge in [-0.1, -0.05) is 18.6 Å². The molecule has 0 aromatic heterocycles. The first-order valence-corrected chi connectivity index (χ1v) is 6.71. The summed E-state index contributed by atoms with van der Waals surface area (Å²) in [5, 5.41) is 2.46. The van der Waals surface area contributed by atoms with E-state index in [9.17, 15) is 17.1 Å². The van der Waals surface area contributed by atoms with Gasteiger partial charge in [0.15, 0.2) is 0 Å². The first-order valence-electron chi connectivity index (χ1n) is 5.33. The second-order valence-electron chi connectivity index (χ2n) is 4.05. The number of carbonyl (C=O) groups excluding carboxylic acids is 1. The van der Waals surface area contributed by atoms with Crippen molar-refractivity contribution < 1.29 is 17.1 Å². The quantitative estimate of drug-likeness (QED) is 0.843. The van der Waals surface area contributed by atoms with E-state index in [0.717, 1.165) is 25.3 Å². The summed E-state index contributed by atoms with van der Waals surface area (Å²) in [5.74, 6) is -0.322. The van der Waals surface area contributed by atoms with E-state index in [4.69, 9.17) is 0 Å². The van der Waals surface area contributed by atoms with Gasteiger partial charge in [-0.25, -0.2) is 0 Å². The molecule has 4 nitrogen and oxygen atoms in total. The van der Waals surface area contributed by atoms with Crippen LogP contribution >= 0.6 is 0 Å². The van der Waals surface area contributed by atoms with Crippen LogP contribution in [0.1, 0.15) is 19.3 Å². The van der Waals surface area contributed by atoms with Crippen molar-refractivity contribution in [3.8, 4) is 0 Å². The monoisotopic (exact) mass is 257 g/mol. The van der Waals surface area contributed by atoms with Gasteiger partial charge in [0.1, 0.15) is 4.90 Å². The van der Waals surface area contributed by atoms with Crippen LogP contribution in [0.5, 0.6) is 0 Å². The van der Waals surface area contributed by atoms with Crippen LogP contribution in [0.15, 0.2) is 29.2 Å². The molecule has 0 radical (unpaired) electrons. The van der Waals surface area contributed by atoms with Crippen molar-refractivity contribution in [2.75, 3.05) is 5.32 Å². The average molecular weight is 257 g/mol. The predicted octanol–water partition coefficient (Wildman–Crippen LogP) is 2.08. The number of para-hydroxylation sites is 1. The molecular weight excluding hydrogens is 245 g/mol. The van der Waals surface area contributed by atoms with Crippen molar-refractivity contribution in [3.05, 3.63) is 24.3 Å². The molecule has 1 fully saturated rings. The molecule has 17 heavy (non-hydrogen) atoms. The smallest absolute Gasteiger partial charge is 0.325 e. The molecule has 0 unspecified atom stereocenters. The van der Waals surface area contributed by atoms with Gasteiger partial charge in [-0.05, 0) is 25.0 Å². The fraction of sp³-hybridized carbons (Fsp3) is 0.364. The van der Waals surface area contributed by atoms with Crippen molar-refractivity contribution in [2.45, 2.75) is 24.2 Å². The number of hydrogen-bond donors (Lipinski definition) is 1. The highest BCUT2D eigenvalue weighted by Crippen LogP contribution is 2.29. The van der Waals surface area contributed by atoms with Gasteiger partial charge in [0.2, 0.25) is 5.91 Å². The number of anilines is 1. The lowest BCUT2D eigenvalue weighted by atomic mass is 9.85. The van der Waals surface area contributed by atoms with Gasteiger partial charge in [-0.15, -0.1) is 3.89 Å². The minimum atomic E-state index is -4.81. The highest BCUT2D eigenvalue weighted by molar-refractivity contribution is 7.86. The largest absolute Gasteiger partial charge is 0.334 e. The number of hydrogen-bond acceptors (Lipinski definition) is 3. The summed E-state index contributed by atoms with van der Waals surface area (Å²) >= 11 is 0. The fourth-order valence-corrected chi connectivity index (χ4v) is 2.31. The van der Waals surface area contributed by atoms with Gasteiger partial charge < -0.3 is 5.32 Å². The number of carbonyl (C=O) groups is 1. The minimum Gasteiger partial charge on any atom is -0.325 e.